The fourth-order valence-electron chi connectivity index (χ4n) is 1.81. The molecule has 0 saturated carbocycles. The quantitative estimate of drug-likeness (QED) is 0.884. The summed E-state index contributed by atoms with van der Waals surface area (Å²) in [6.07, 6.45) is 2.67. The van der Waals surface area contributed by atoms with Crippen molar-refractivity contribution < 1.29 is 13.2 Å². The molecular formula is C14H15ClN2O3S. The Hall–Kier alpha value is -1.47. The molecule has 2 aromatic rings. The normalized spacial score (nSPS) is 11.5. The number of hydrogen-bond donors (Lipinski definition) is 1. The van der Waals surface area contributed by atoms with Crippen molar-refractivity contribution in [3.63, 3.8) is 0 Å². The highest BCUT2D eigenvalue weighted by atomic mass is 35.5. The van der Waals surface area contributed by atoms with E-state index in [0.29, 0.717) is 6.61 Å². The van der Waals surface area contributed by atoms with E-state index < -0.39 is 10.0 Å². The summed E-state index contributed by atoms with van der Waals surface area (Å²) >= 11 is 5.88. The average molecular weight is 327 g/mol. The predicted octanol–water partition coefficient (Wildman–Crippen LogP) is 2.36. The zero-order chi connectivity index (χ0) is 15.3. The zero-order valence-corrected chi connectivity index (χ0v) is 13.0. The van der Waals surface area contributed by atoms with Crippen LogP contribution in [0.25, 0.3) is 0 Å². The number of sulfonamides is 1. The molecule has 0 spiro atoms. The summed E-state index contributed by atoms with van der Waals surface area (Å²) in [5.74, 6) is 0. The van der Waals surface area contributed by atoms with E-state index in [1.807, 2.05) is 24.3 Å². The van der Waals surface area contributed by atoms with Gasteiger partial charge in [0.1, 0.15) is 4.90 Å². The summed E-state index contributed by atoms with van der Waals surface area (Å²) in [4.78, 5) is 3.76. The highest BCUT2D eigenvalue weighted by molar-refractivity contribution is 7.89. The van der Waals surface area contributed by atoms with E-state index in [2.05, 4.69) is 9.71 Å². The van der Waals surface area contributed by atoms with Gasteiger partial charge < -0.3 is 4.74 Å². The summed E-state index contributed by atoms with van der Waals surface area (Å²) in [5.41, 5.74) is 1.82. The molecule has 0 bridgehead atoms. The maximum absolute atomic E-state index is 12.2. The molecule has 0 aliphatic carbocycles. The van der Waals surface area contributed by atoms with Gasteiger partial charge in [-0.2, -0.15) is 0 Å². The third kappa shape index (κ3) is 4.25. The molecule has 1 aromatic heterocycles. The summed E-state index contributed by atoms with van der Waals surface area (Å²) in [5, 5.41) is 0.144. The molecule has 5 nitrogen and oxygen atoms in total. The van der Waals surface area contributed by atoms with Crippen LogP contribution in [0.2, 0.25) is 5.02 Å². The highest BCUT2D eigenvalue weighted by Crippen LogP contribution is 2.19. The minimum absolute atomic E-state index is 0.0280. The van der Waals surface area contributed by atoms with Gasteiger partial charge in [0, 0.05) is 26.0 Å². The van der Waals surface area contributed by atoms with Gasteiger partial charge in [-0.05, 0) is 17.2 Å². The standard InChI is InChI=1S/C14H15ClN2O3S/c1-20-10-12-4-2-3-11(7-12)8-17-21(18,19)14-9-16-6-5-13(14)15/h2-7,9,17H,8,10H2,1H3. The molecule has 112 valence electrons. The Balaban J connectivity index is 2.12. The van der Waals surface area contributed by atoms with Crippen molar-refractivity contribution in [1.82, 2.24) is 9.71 Å². The third-order valence-corrected chi connectivity index (χ3v) is 4.66. The molecule has 1 aromatic carbocycles. The largest absolute Gasteiger partial charge is 0.380 e. The van der Waals surface area contributed by atoms with E-state index in [1.165, 1.54) is 18.5 Å². The topological polar surface area (TPSA) is 68.3 Å². The van der Waals surface area contributed by atoms with E-state index in [4.69, 9.17) is 16.3 Å². The number of pyridine rings is 1. The Labute approximate surface area is 129 Å². The van der Waals surface area contributed by atoms with Crippen LogP contribution in [0.4, 0.5) is 0 Å². The van der Waals surface area contributed by atoms with Gasteiger partial charge in [-0.3, -0.25) is 4.98 Å². The first-order chi connectivity index (χ1) is 10.0. The molecule has 0 aliphatic heterocycles. The lowest BCUT2D eigenvalue weighted by molar-refractivity contribution is 0.185. The molecule has 0 radical (unpaired) electrons. The minimum atomic E-state index is -3.69. The van der Waals surface area contributed by atoms with Gasteiger partial charge in [-0.25, -0.2) is 13.1 Å². The fourth-order valence-corrected chi connectivity index (χ4v) is 3.26. The number of nitrogens with one attached hydrogen (secondary N) is 1. The number of nitrogens with zero attached hydrogens (tertiary/aromatic N) is 1. The molecule has 0 fully saturated rings. The zero-order valence-electron chi connectivity index (χ0n) is 11.4. The van der Waals surface area contributed by atoms with Crippen LogP contribution < -0.4 is 4.72 Å². The summed E-state index contributed by atoms with van der Waals surface area (Å²) in [7, 11) is -2.08. The maximum Gasteiger partial charge on any atom is 0.243 e. The van der Waals surface area contributed by atoms with Gasteiger partial charge >= 0.3 is 0 Å². The Morgan fingerprint density at radius 1 is 1.29 bits per heavy atom. The minimum Gasteiger partial charge on any atom is -0.380 e. The van der Waals surface area contributed by atoms with Crippen molar-refractivity contribution in [2.45, 2.75) is 18.0 Å². The molecule has 1 heterocycles. The van der Waals surface area contributed by atoms with E-state index >= 15 is 0 Å². The van der Waals surface area contributed by atoms with Crippen molar-refractivity contribution in [2.75, 3.05) is 7.11 Å². The average Bonchev–Trinajstić information content (AvgIpc) is 2.46. The van der Waals surface area contributed by atoms with Crippen molar-refractivity contribution in [2.24, 2.45) is 0 Å². The lowest BCUT2D eigenvalue weighted by Gasteiger charge is -2.09. The SMILES string of the molecule is COCc1cccc(CNS(=O)(=O)c2cnccc2Cl)c1. The molecule has 2 rings (SSSR count). The molecule has 1 N–H and O–H groups in total. The van der Waals surface area contributed by atoms with Crippen molar-refractivity contribution in [3.8, 4) is 0 Å². The van der Waals surface area contributed by atoms with Gasteiger partial charge in [-0.15, -0.1) is 0 Å². The van der Waals surface area contributed by atoms with Crippen LogP contribution in [-0.4, -0.2) is 20.5 Å². The van der Waals surface area contributed by atoms with Crippen LogP contribution in [-0.2, 0) is 27.9 Å². The smallest absolute Gasteiger partial charge is 0.243 e. The summed E-state index contributed by atoms with van der Waals surface area (Å²) in [6, 6.07) is 8.94. The number of ether oxygens (including phenoxy) is 1. The number of benzene rings is 1. The third-order valence-electron chi connectivity index (χ3n) is 2.79. The van der Waals surface area contributed by atoms with Gasteiger partial charge in [0.15, 0.2) is 0 Å². The van der Waals surface area contributed by atoms with Crippen LogP contribution in [0.1, 0.15) is 11.1 Å². The number of aromatic nitrogens is 1. The molecule has 0 amide bonds. The van der Waals surface area contributed by atoms with Gasteiger partial charge in [-0.1, -0.05) is 35.9 Å². The van der Waals surface area contributed by atoms with E-state index in [-0.39, 0.29) is 16.5 Å². The monoisotopic (exact) mass is 326 g/mol. The molecule has 0 atom stereocenters. The number of hydrogen-bond acceptors (Lipinski definition) is 4. The Morgan fingerprint density at radius 2 is 2.05 bits per heavy atom. The summed E-state index contributed by atoms with van der Waals surface area (Å²) in [6.45, 7) is 0.653. The Kier molecular flexibility index (Phi) is 5.30. The van der Waals surface area contributed by atoms with Crippen LogP contribution in [0.3, 0.4) is 0 Å². The predicted molar refractivity (Wildman–Crippen MR) is 80.4 cm³/mol. The number of rotatable bonds is 6. The number of halogens is 1. The van der Waals surface area contributed by atoms with Crippen molar-refractivity contribution >= 4 is 21.6 Å². The second-order valence-electron chi connectivity index (χ2n) is 4.38. The maximum atomic E-state index is 12.2. The molecule has 21 heavy (non-hydrogen) atoms. The molecule has 0 aliphatic rings. The summed E-state index contributed by atoms with van der Waals surface area (Å²) < 4.78 is 31.9. The molecule has 0 saturated heterocycles. The highest BCUT2D eigenvalue weighted by Gasteiger charge is 2.17. The molecular weight excluding hydrogens is 312 g/mol. The van der Waals surface area contributed by atoms with Crippen molar-refractivity contribution in [3.05, 3.63) is 58.9 Å². The van der Waals surface area contributed by atoms with E-state index in [0.717, 1.165) is 11.1 Å². The van der Waals surface area contributed by atoms with Crippen LogP contribution >= 0.6 is 11.6 Å². The van der Waals surface area contributed by atoms with E-state index in [1.54, 1.807) is 7.11 Å². The Bertz CT molecular complexity index is 720. The second kappa shape index (κ2) is 7.00. The molecule has 7 heteroatoms. The van der Waals surface area contributed by atoms with Crippen LogP contribution in [0.15, 0.2) is 47.6 Å². The molecule has 0 unspecified atom stereocenters. The van der Waals surface area contributed by atoms with Gasteiger partial charge in [0.05, 0.1) is 11.6 Å². The number of methoxy groups -OCH3 is 1. The lowest BCUT2D eigenvalue weighted by atomic mass is 10.1. The van der Waals surface area contributed by atoms with Crippen LogP contribution in [0, 0.1) is 0 Å². The lowest BCUT2D eigenvalue weighted by Crippen LogP contribution is -2.23. The van der Waals surface area contributed by atoms with Crippen molar-refractivity contribution in [1.29, 1.82) is 0 Å². The first-order valence-corrected chi connectivity index (χ1v) is 8.05. The first-order valence-electron chi connectivity index (χ1n) is 6.19. The Morgan fingerprint density at radius 3 is 2.76 bits per heavy atom. The second-order valence-corrected chi connectivity index (χ2v) is 6.53. The fraction of sp³-hybridized carbons (Fsp3) is 0.214. The first kappa shape index (κ1) is 15.9. The van der Waals surface area contributed by atoms with Gasteiger partial charge in [0.2, 0.25) is 10.0 Å². The van der Waals surface area contributed by atoms with Gasteiger partial charge in [0.25, 0.3) is 0 Å². The van der Waals surface area contributed by atoms with Crippen LogP contribution in [0.5, 0.6) is 0 Å². The van der Waals surface area contributed by atoms with E-state index in [9.17, 15) is 8.42 Å².